The highest BCUT2D eigenvalue weighted by Gasteiger charge is 2.62. The summed E-state index contributed by atoms with van der Waals surface area (Å²) >= 11 is 0. The van der Waals surface area contributed by atoms with Gasteiger partial charge in [-0.3, -0.25) is 4.98 Å². The van der Waals surface area contributed by atoms with E-state index in [0.29, 0.717) is 19.0 Å². The van der Waals surface area contributed by atoms with Gasteiger partial charge in [-0.2, -0.15) is 0 Å². The van der Waals surface area contributed by atoms with Gasteiger partial charge in [-0.1, -0.05) is 20.8 Å². The maximum Gasteiger partial charge on any atom is 0.407 e. The number of rotatable bonds is 1. The lowest BCUT2D eigenvalue weighted by atomic mass is 9.57. The fourth-order valence-electron chi connectivity index (χ4n) is 4.14. The number of likely N-dealkylation sites (tertiary alicyclic amines) is 1. The summed E-state index contributed by atoms with van der Waals surface area (Å²) in [7, 11) is 0. The minimum atomic E-state index is -0.810. The third-order valence-electron chi connectivity index (χ3n) is 5.27. The Balaban J connectivity index is 1.99. The molecule has 1 aromatic heterocycles. The van der Waals surface area contributed by atoms with E-state index < -0.39 is 6.09 Å². The Kier molecular flexibility index (Phi) is 3.11. The van der Waals surface area contributed by atoms with Crippen LogP contribution in [0.25, 0.3) is 0 Å². The van der Waals surface area contributed by atoms with Crippen molar-refractivity contribution in [2.45, 2.75) is 32.7 Å². The summed E-state index contributed by atoms with van der Waals surface area (Å²) in [5.41, 5.74) is 0.961. The topological polar surface area (TPSA) is 56.7 Å². The standard InChI is InChI=1S/C16H23N3O2/c1-15(2,3)16-11-18(14(20)21)8-6-12(16)10-19(16)13-5-4-7-17-9-13/h4-5,7,9,12H,6,8,10-11H2,1-3H3,(H,20,21)/t12-,16+/m0/s1. The number of nitrogens with zero attached hydrogens (tertiary/aromatic N) is 3. The molecule has 0 saturated carbocycles. The van der Waals surface area contributed by atoms with E-state index in [-0.39, 0.29) is 11.0 Å². The van der Waals surface area contributed by atoms with Crippen molar-refractivity contribution in [3.63, 3.8) is 0 Å². The molecule has 0 aliphatic carbocycles. The van der Waals surface area contributed by atoms with Crippen molar-refractivity contribution in [3.8, 4) is 0 Å². The molecule has 21 heavy (non-hydrogen) atoms. The maximum absolute atomic E-state index is 11.4. The minimum absolute atomic E-state index is 0.000121. The molecule has 0 spiro atoms. The van der Waals surface area contributed by atoms with E-state index in [1.54, 1.807) is 11.1 Å². The zero-order valence-electron chi connectivity index (χ0n) is 12.9. The summed E-state index contributed by atoms with van der Waals surface area (Å²) in [4.78, 5) is 19.6. The zero-order valence-corrected chi connectivity index (χ0v) is 12.9. The SMILES string of the molecule is CC(C)(C)[C@@]12CN(C(=O)O)CC[C@H]1CN2c1cccnc1. The average molecular weight is 289 g/mol. The van der Waals surface area contributed by atoms with Crippen LogP contribution in [0.4, 0.5) is 10.5 Å². The molecule has 0 radical (unpaired) electrons. The van der Waals surface area contributed by atoms with Crippen LogP contribution in [0.5, 0.6) is 0 Å². The number of amides is 1. The lowest BCUT2D eigenvalue weighted by Gasteiger charge is -2.68. The Morgan fingerprint density at radius 3 is 2.81 bits per heavy atom. The van der Waals surface area contributed by atoms with Crippen LogP contribution in [0, 0.1) is 11.3 Å². The predicted octanol–water partition coefficient (Wildman–Crippen LogP) is 2.69. The van der Waals surface area contributed by atoms with Gasteiger partial charge < -0.3 is 14.9 Å². The molecule has 5 nitrogen and oxygen atoms in total. The largest absolute Gasteiger partial charge is 0.465 e. The number of carbonyl (C=O) groups is 1. The molecule has 2 aliphatic heterocycles. The molecule has 114 valence electrons. The van der Waals surface area contributed by atoms with Gasteiger partial charge in [0.15, 0.2) is 0 Å². The van der Waals surface area contributed by atoms with Gasteiger partial charge in [-0.25, -0.2) is 4.79 Å². The number of fused-ring (bicyclic) bond motifs is 1. The number of aromatic nitrogens is 1. The first-order valence-electron chi connectivity index (χ1n) is 7.52. The van der Waals surface area contributed by atoms with Crippen LogP contribution in [0.2, 0.25) is 0 Å². The van der Waals surface area contributed by atoms with Gasteiger partial charge in [0.2, 0.25) is 0 Å². The smallest absolute Gasteiger partial charge is 0.407 e. The van der Waals surface area contributed by atoms with Gasteiger partial charge in [-0.05, 0) is 24.0 Å². The predicted molar refractivity (Wildman–Crippen MR) is 81.5 cm³/mol. The molecule has 3 heterocycles. The third-order valence-corrected chi connectivity index (χ3v) is 5.27. The molecular formula is C16H23N3O2. The zero-order chi connectivity index (χ0) is 15.3. The van der Waals surface area contributed by atoms with Gasteiger partial charge in [0, 0.05) is 31.7 Å². The highest BCUT2D eigenvalue weighted by Crippen LogP contribution is 2.54. The maximum atomic E-state index is 11.4. The summed E-state index contributed by atoms with van der Waals surface area (Å²) in [5, 5.41) is 9.40. The number of hydrogen-bond donors (Lipinski definition) is 1. The first-order chi connectivity index (χ1) is 9.86. The second-order valence-corrected chi connectivity index (χ2v) is 7.19. The molecule has 0 unspecified atom stereocenters. The summed E-state index contributed by atoms with van der Waals surface area (Å²) in [5.74, 6) is 0.549. The molecule has 0 aromatic carbocycles. The van der Waals surface area contributed by atoms with Crippen LogP contribution >= 0.6 is 0 Å². The van der Waals surface area contributed by atoms with E-state index in [1.165, 1.54) is 0 Å². The van der Waals surface area contributed by atoms with Crippen LogP contribution in [-0.2, 0) is 0 Å². The number of anilines is 1. The van der Waals surface area contributed by atoms with Gasteiger partial charge in [0.05, 0.1) is 17.4 Å². The normalized spacial score (nSPS) is 28.8. The van der Waals surface area contributed by atoms with Crippen molar-refractivity contribution in [1.82, 2.24) is 9.88 Å². The van der Waals surface area contributed by atoms with Crippen LogP contribution in [-0.4, -0.2) is 46.3 Å². The van der Waals surface area contributed by atoms with E-state index in [0.717, 1.165) is 18.7 Å². The number of piperidine rings is 1. The summed E-state index contributed by atoms with van der Waals surface area (Å²) < 4.78 is 0. The Morgan fingerprint density at radius 1 is 1.48 bits per heavy atom. The minimum Gasteiger partial charge on any atom is -0.465 e. The van der Waals surface area contributed by atoms with Crippen molar-refractivity contribution >= 4 is 11.8 Å². The van der Waals surface area contributed by atoms with E-state index in [2.05, 4.69) is 36.7 Å². The summed E-state index contributed by atoms with van der Waals surface area (Å²) in [6, 6.07) is 4.01. The lowest BCUT2D eigenvalue weighted by molar-refractivity contribution is -0.0311. The molecule has 0 bridgehead atoms. The number of carboxylic acid groups (broad SMARTS) is 1. The van der Waals surface area contributed by atoms with E-state index in [1.807, 2.05) is 12.3 Å². The Labute approximate surface area is 125 Å². The first kappa shape index (κ1) is 14.2. The Hall–Kier alpha value is -1.78. The molecule has 1 N–H and O–H groups in total. The average Bonchev–Trinajstić information content (AvgIpc) is 2.39. The van der Waals surface area contributed by atoms with Crippen molar-refractivity contribution < 1.29 is 9.90 Å². The van der Waals surface area contributed by atoms with Crippen molar-refractivity contribution in [3.05, 3.63) is 24.5 Å². The van der Waals surface area contributed by atoms with Gasteiger partial charge in [0.1, 0.15) is 0 Å². The number of hydrogen-bond acceptors (Lipinski definition) is 3. The van der Waals surface area contributed by atoms with Crippen LogP contribution < -0.4 is 4.90 Å². The van der Waals surface area contributed by atoms with E-state index >= 15 is 0 Å². The lowest BCUT2D eigenvalue weighted by Crippen LogP contribution is -2.79. The summed E-state index contributed by atoms with van der Waals surface area (Å²) in [6.07, 6.45) is 3.79. The second-order valence-electron chi connectivity index (χ2n) is 7.19. The molecule has 2 atom stereocenters. The Bertz CT molecular complexity index is 540. The van der Waals surface area contributed by atoms with Crippen LogP contribution in [0.3, 0.4) is 0 Å². The van der Waals surface area contributed by atoms with E-state index in [9.17, 15) is 9.90 Å². The molecule has 5 heteroatoms. The quantitative estimate of drug-likeness (QED) is 0.863. The van der Waals surface area contributed by atoms with Gasteiger partial charge >= 0.3 is 6.09 Å². The number of pyridine rings is 1. The molecular weight excluding hydrogens is 266 g/mol. The molecule has 2 saturated heterocycles. The third kappa shape index (κ3) is 1.98. The summed E-state index contributed by atoms with van der Waals surface area (Å²) in [6.45, 7) is 8.87. The second kappa shape index (κ2) is 4.61. The van der Waals surface area contributed by atoms with Crippen LogP contribution in [0.15, 0.2) is 24.5 Å². The molecule has 1 amide bonds. The molecule has 3 rings (SSSR count). The van der Waals surface area contributed by atoms with Gasteiger partial charge in [-0.15, -0.1) is 0 Å². The molecule has 1 aromatic rings. The first-order valence-corrected chi connectivity index (χ1v) is 7.52. The van der Waals surface area contributed by atoms with Crippen LogP contribution in [0.1, 0.15) is 27.2 Å². The molecule has 2 aliphatic rings. The molecule has 2 fully saturated rings. The highest BCUT2D eigenvalue weighted by atomic mass is 16.4. The van der Waals surface area contributed by atoms with E-state index in [4.69, 9.17) is 0 Å². The van der Waals surface area contributed by atoms with Gasteiger partial charge in [0.25, 0.3) is 0 Å². The fourth-order valence-corrected chi connectivity index (χ4v) is 4.14. The Morgan fingerprint density at radius 2 is 2.24 bits per heavy atom. The van der Waals surface area contributed by atoms with Crippen molar-refractivity contribution in [2.24, 2.45) is 11.3 Å². The van der Waals surface area contributed by atoms with Crippen molar-refractivity contribution in [1.29, 1.82) is 0 Å². The van der Waals surface area contributed by atoms with Crippen molar-refractivity contribution in [2.75, 3.05) is 24.5 Å². The fraction of sp³-hybridized carbons (Fsp3) is 0.625. The monoisotopic (exact) mass is 289 g/mol. The highest BCUT2D eigenvalue weighted by molar-refractivity contribution is 5.66.